The molecule has 2 aromatic rings. The molecule has 32 heavy (non-hydrogen) atoms. The Balaban J connectivity index is 1.90. The van der Waals surface area contributed by atoms with Gasteiger partial charge in [-0.25, -0.2) is 4.83 Å². The van der Waals surface area contributed by atoms with Crippen LogP contribution in [0.2, 0.25) is 0 Å². The average Bonchev–Trinajstić information content (AvgIpc) is 2.78. The first kappa shape index (κ1) is 25.2. The molecule has 0 aliphatic carbocycles. The van der Waals surface area contributed by atoms with Crippen molar-refractivity contribution in [2.24, 2.45) is 15.3 Å². The third-order valence-corrected chi connectivity index (χ3v) is 5.80. The Labute approximate surface area is 190 Å². The van der Waals surface area contributed by atoms with Crippen LogP contribution in [0.1, 0.15) is 32.6 Å². The second kappa shape index (κ2) is 12.7. The maximum atomic E-state index is 12.3. The van der Waals surface area contributed by atoms with E-state index in [1.165, 1.54) is 24.4 Å². The van der Waals surface area contributed by atoms with E-state index in [-0.39, 0.29) is 4.90 Å². The second-order valence-electron chi connectivity index (χ2n) is 7.43. The zero-order valence-corrected chi connectivity index (χ0v) is 19.5. The number of rotatable bonds is 12. The van der Waals surface area contributed by atoms with Gasteiger partial charge in [0, 0.05) is 26.0 Å². The van der Waals surface area contributed by atoms with Crippen LogP contribution in [0, 0.1) is 0 Å². The molecule has 0 aliphatic heterocycles. The summed E-state index contributed by atoms with van der Waals surface area (Å²) in [5.74, 6) is 0. The first-order valence-electron chi connectivity index (χ1n) is 10.5. The number of hydrazone groups is 1. The number of azo groups is 1. The van der Waals surface area contributed by atoms with Gasteiger partial charge in [-0.1, -0.05) is 32.3 Å². The number of allylic oxidation sites excluding steroid dienone is 1. The predicted molar refractivity (Wildman–Crippen MR) is 129 cm³/mol. The van der Waals surface area contributed by atoms with Crippen molar-refractivity contribution in [1.29, 1.82) is 0 Å². The molecule has 0 fully saturated rings. The van der Waals surface area contributed by atoms with Crippen molar-refractivity contribution >= 4 is 33.3 Å². The van der Waals surface area contributed by atoms with Crippen LogP contribution in [-0.2, 0) is 10.0 Å². The minimum atomic E-state index is -3.80. The molecule has 2 N–H and O–H groups in total. The number of hydrogen-bond donors (Lipinski definition) is 2. The fourth-order valence-corrected chi connectivity index (χ4v) is 3.50. The monoisotopic (exact) mass is 457 g/mol. The van der Waals surface area contributed by atoms with Crippen molar-refractivity contribution in [2.75, 3.05) is 19.0 Å². The molecule has 2 rings (SSSR count). The number of hydrogen-bond acceptors (Lipinski definition) is 7. The van der Waals surface area contributed by atoms with Gasteiger partial charge in [0.15, 0.2) is 0 Å². The zero-order valence-electron chi connectivity index (χ0n) is 18.7. The maximum absolute atomic E-state index is 12.3. The lowest BCUT2D eigenvalue weighted by Crippen LogP contribution is -2.17. The van der Waals surface area contributed by atoms with E-state index in [0.29, 0.717) is 17.8 Å². The van der Waals surface area contributed by atoms with E-state index < -0.39 is 16.1 Å². The molecule has 0 heterocycles. The lowest BCUT2D eigenvalue weighted by molar-refractivity contribution is 0.208. The lowest BCUT2D eigenvalue weighted by Gasteiger charge is -2.11. The first-order chi connectivity index (χ1) is 15.3. The number of nitrogens with zero attached hydrogens (tertiary/aromatic N) is 4. The van der Waals surface area contributed by atoms with Gasteiger partial charge in [-0.15, -0.1) is 0 Å². The topological polar surface area (TPSA) is 107 Å². The highest BCUT2D eigenvalue weighted by molar-refractivity contribution is 7.89. The van der Waals surface area contributed by atoms with Crippen molar-refractivity contribution < 1.29 is 13.5 Å². The molecule has 2 aromatic carbocycles. The van der Waals surface area contributed by atoms with Crippen LogP contribution in [0.5, 0.6) is 0 Å². The Morgan fingerprint density at radius 1 is 1.00 bits per heavy atom. The summed E-state index contributed by atoms with van der Waals surface area (Å²) < 4.78 is 24.6. The Morgan fingerprint density at radius 2 is 1.59 bits per heavy atom. The number of aliphatic hydroxyl groups excluding tert-OH is 1. The van der Waals surface area contributed by atoms with Crippen molar-refractivity contribution in [3.8, 4) is 0 Å². The molecule has 9 heteroatoms. The molecule has 8 nitrogen and oxygen atoms in total. The third kappa shape index (κ3) is 8.60. The van der Waals surface area contributed by atoms with E-state index >= 15 is 0 Å². The minimum Gasteiger partial charge on any atom is -0.389 e. The number of benzene rings is 2. The smallest absolute Gasteiger partial charge is 0.276 e. The summed E-state index contributed by atoms with van der Waals surface area (Å²) >= 11 is 0. The highest BCUT2D eigenvalue weighted by atomic mass is 32.2. The summed E-state index contributed by atoms with van der Waals surface area (Å²) in [6.07, 6.45) is 7.63. The molecule has 0 saturated carbocycles. The largest absolute Gasteiger partial charge is 0.389 e. The number of aliphatic hydroxyl groups is 1. The molecule has 0 aliphatic rings. The molecule has 0 radical (unpaired) electrons. The van der Waals surface area contributed by atoms with Crippen LogP contribution in [0.25, 0.3) is 0 Å². The van der Waals surface area contributed by atoms with Gasteiger partial charge in [0.1, 0.15) is 0 Å². The van der Waals surface area contributed by atoms with E-state index in [1.807, 2.05) is 43.3 Å². The van der Waals surface area contributed by atoms with E-state index in [1.54, 1.807) is 18.2 Å². The minimum absolute atomic E-state index is 0.0625. The molecule has 0 bridgehead atoms. The van der Waals surface area contributed by atoms with Gasteiger partial charge >= 0.3 is 0 Å². The predicted octanol–water partition coefficient (Wildman–Crippen LogP) is 4.93. The standard InChI is InChI=1S/C23H31N5O3S/c1-4-5-6-8-22(29)9-7-18-24-27-32(30,31)23-16-12-20(13-17-23)26-25-19-10-14-21(15-11-19)28(2)3/h7,9-18,22,27,29H,4-6,8H2,1-3H3/b9-7+,24-18+,26-25?. The van der Waals surface area contributed by atoms with Crippen molar-refractivity contribution in [2.45, 2.75) is 43.6 Å². The molecule has 172 valence electrons. The lowest BCUT2D eigenvalue weighted by atomic mass is 10.1. The summed E-state index contributed by atoms with van der Waals surface area (Å²) in [5, 5.41) is 21.8. The quantitative estimate of drug-likeness (QED) is 0.204. The Kier molecular flexibility index (Phi) is 10.0. The highest BCUT2D eigenvalue weighted by Gasteiger charge is 2.12. The van der Waals surface area contributed by atoms with Gasteiger partial charge < -0.3 is 10.0 Å². The molecular weight excluding hydrogens is 426 g/mol. The summed E-state index contributed by atoms with van der Waals surface area (Å²) in [6.45, 7) is 2.10. The molecule has 1 unspecified atom stereocenters. The van der Waals surface area contributed by atoms with Gasteiger partial charge in [0.05, 0.1) is 22.4 Å². The molecule has 1 atom stereocenters. The van der Waals surface area contributed by atoms with Crippen LogP contribution in [0.15, 0.2) is 80.9 Å². The molecular formula is C23H31N5O3S. The average molecular weight is 458 g/mol. The highest BCUT2D eigenvalue weighted by Crippen LogP contribution is 2.22. The van der Waals surface area contributed by atoms with Gasteiger partial charge in [-0.3, -0.25) is 0 Å². The summed E-state index contributed by atoms with van der Waals surface area (Å²) in [4.78, 5) is 4.20. The van der Waals surface area contributed by atoms with Gasteiger partial charge in [0.2, 0.25) is 0 Å². The van der Waals surface area contributed by atoms with Gasteiger partial charge in [-0.05, 0) is 61.0 Å². The Hall–Kier alpha value is -3.04. The van der Waals surface area contributed by atoms with Crippen molar-refractivity contribution in [3.05, 3.63) is 60.7 Å². The number of anilines is 1. The molecule has 0 saturated heterocycles. The Bertz CT molecular complexity index is 1010. The van der Waals surface area contributed by atoms with Crippen LogP contribution >= 0.6 is 0 Å². The maximum Gasteiger partial charge on any atom is 0.276 e. The number of sulfonamides is 1. The summed E-state index contributed by atoms with van der Waals surface area (Å²) in [5.41, 5.74) is 2.29. The zero-order chi connectivity index (χ0) is 23.4. The van der Waals surface area contributed by atoms with E-state index in [9.17, 15) is 13.5 Å². The SMILES string of the molecule is CCCCCC(O)/C=C/C=N/NS(=O)(=O)c1ccc(N=Nc2ccc(N(C)C)cc2)cc1. The molecule has 0 spiro atoms. The normalized spacial score (nSPS) is 13.2. The van der Waals surface area contributed by atoms with E-state index in [4.69, 9.17) is 0 Å². The third-order valence-electron chi connectivity index (χ3n) is 4.56. The van der Waals surface area contributed by atoms with Gasteiger partial charge in [-0.2, -0.15) is 23.7 Å². The van der Waals surface area contributed by atoms with Crippen LogP contribution in [-0.4, -0.2) is 39.9 Å². The van der Waals surface area contributed by atoms with E-state index in [2.05, 4.69) is 27.1 Å². The fourth-order valence-electron chi connectivity index (χ4n) is 2.70. The number of unbranched alkanes of at least 4 members (excludes halogenated alkanes) is 2. The van der Waals surface area contributed by atoms with E-state index in [0.717, 1.165) is 24.9 Å². The van der Waals surface area contributed by atoms with Crippen molar-refractivity contribution in [1.82, 2.24) is 4.83 Å². The summed E-state index contributed by atoms with van der Waals surface area (Å²) in [7, 11) is 0.126. The van der Waals surface area contributed by atoms with Crippen LogP contribution in [0.4, 0.5) is 17.1 Å². The van der Waals surface area contributed by atoms with Crippen LogP contribution < -0.4 is 9.73 Å². The van der Waals surface area contributed by atoms with Crippen molar-refractivity contribution in [3.63, 3.8) is 0 Å². The fraction of sp³-hybridized carbons (Fsp3) is 0.348. The first-order valence-corrected chi connectivity index (χ1v) is 12.0. The van der Waals surface area contributed by atoms with Crippen LogP contribution in [0.3, 0.4) is 0 Å². The summed E-state index contributed by atoms with van der Waals surface area (Å²) in [6, 6.07) is 13.6. The second-order valence-corrected chi connectivity index (χ2v) is 9.09. The molecule has 0 aromatic heterocycles. The number of nitrogens with one attached hydrogen (secondary N) is 1. The molecule has 0 amide bonds. The van der Waals surface area contributed by atoms with Gasteiger partial charge in [0.25, 0.3) is 10.0 Å². The Morgan fingerprint density at radius 3 is 2.16 bits per heavy atom.